The van der Waals surface area contributed by atoms with Crippen LogP contribution in [0.1, 0.15) is 5.01 Å². The third-order valence-corrected chi connectivity index (χ3v) is 4.38. The minimum absolute atomic E-state index is 0.315. The highest BCUT2D eigenvalue weighted by atomic mass is 32.1. The molecule has 0 radical (unpaired) electrons. The summed E-state index contributed by atoms with van der Waals surface area (Å²) < 4.78 is 11.5. The summed E-state index contributed by atoms with van der Waals surface area (Å²) in [6, 6.07) is 12.8. The van der Waals surface area contributed by atoms with Gasteiger partial charge in [0.2, 0.25) is 0 Å². The first-order chi connectivity index (χ1) is 11.7. The summed E-state index contributed by atoms with van der Waals surface area (Å²) in [6.07, 6.45) is 0. The Morgan fingerprint density at radius 2 is 1.83 bits per heavy atom. The molecule has 2 aromatic carbocycles. The van der Waals surface area contributed by atoms with E-state index in [1.165, 1.54) is 0 Å². The number of carbonyl (C=O) groups excluding carboxylic acids is 1. The first-order valence-corrected chi connectivity index (χ1v) is 8.12. The third kappa shape index (κ3) is 3.75. The number of urea groups is 1. The highest BCUT2D eigenvalue weighted by Crippen LogP contribution is 2.26. The summed E-state index contributed by atoms with van der Waals surface area (Å²) >= 11 is 1.56. The molecule has 0 fully saturated rings. The van der Waals surface area contributed by atoms with Crippen molar-refractivity contribution >= 4 is 33.3 Å². The van der Waals surface area contributed by atoms with Crippen LogP contribution in [0, 0.1) is 0 Å². The summed E-state index contributed by atoms with van der Waals surface area (Å²) in [5, 5.41) is 6.42. The number of hydrogen-bond acceptors (Lipinski definition) is 5. The van der Waals surface area contributed by atoms with Crippen LogP contribution in [0.2, 0.25) is 0 Å². The van der Waals surface area contributed by atoms with Crippen LogP contribution >= 0.6 is 11.3 Å². The van der Waals surface area contributed by atoms with E-state index in [9.17, 15) is 4.79 Å². The molecular weight excluding hydrogens is 326 g/mol. The number of methoxy groups -OCH3 is 2. The summed E-state index contributed by atoms with van der Waals surface area (Å²) in [7, 11) is 3.12. The minimum Gasteiger partial charge on any atom is -0.497 e. The lowest BCUT2D eigenvalue weighted by molar-refractivity contribution is 0.251. The summed E-state index contributed by atoms with van der Waals surface area (Å²) in [5.74, 6) is 1.21. The van der Waals surface area contributed by atoms with E-state index in [4.69, 9.17) is 9.47 Å². The second-order valence-corrected chi connectivity index (χ2v) is 6.10. The Morgan fingerprint density at radius 3 is 2.50 bits per heavy atom. The van der Waals surface area contributed by atoms with Gasteiger partial charge in [0.05, 0.1) is 31.0 Å². The highest BCUT2D eigenvalue weighted by molar-refractivity contribution is 7.18. The van der Waals surface area contributed by atoms with Gasteiger partial charge in [0.1, 0.15) is 16.5 Å². The first-order valence-electron chi connectivity index (χ1n) is 7.30. The van der Waals surface area contributed by atoms with Gasteiger partial charge in [-0.15, -0.1) is 11.3 Å². The number of thiazole rings is 1. The van der Waals surface area contributed by atoms with Gasteiger partial charge in [0.25, 0.3) is 0 Å². The minimum atomic E-state index is -0.315. The quantitative estimate of drug-likeness (QED) is 0.742. The van der Waals surface area contributed by atoms with Crippen molar-refractivity contribution in [2.75, 3.05) is 19.5 Å². The fraction of sp³-hybridized carbons (Fsp3) is 0.176. The van der Waals surface area contributed by atoms with Gasteiger partial charge in [0.15, 0.2) is 0 Å². The maximum atomic E-state index is 12.1. The number of anilines is 1. The molecule has 3 rings (SSSR count). The molecule has 24 heavy (non-hydrogen) atoms. The van der Waals surface area contributed by atoms with Gasteiger partial charge in [-0.1, -0.05) is 12.1 Å². The molecule has 2 N–H and O–H groups in total. The second kappa shape index (κ2) is 7.18. The summed E-state index contributed by atoms with van der Waals surface area (Å²) in [4.78, 5) is 16.6. The molecule has 0 spiro atoms. The fourth-order valence-corrected chi connectivity index (χ4v) is 3.11. The molecule has 0 saturated heterocycles. The lowest BCUT2D eigenvalue weighted by Gasteiger charge is -2.10. The Bertz CT molecular complexity index is 808. The topological polar surface area (TPSA) is 72.5 Å². The second-order valence-electron chi connectivity index (χ2n) is 4.98. The average Bonchev–Trinajstić information content (AvgIpc) is 3.02. The molecular formula is C17H17N3O3S. The number of rotatable bonds is 5. The maximum Gasteiger partial charge on any atom is 0.319 e. The molecule has 0 aliphatic carbocycles. The van der Waals surface area contributed by atoms with Crippen molar-refractivity contribution in [3.05, 3.63) is 47.5 Å². The monoisotopic (exact) mass is 343 g/mol. The fourth-order valence-electron chi connectivity index (χ4n) is 2.21. The summed E-state index contributed by atoms with van der Waals surface area (Å²) in [5.41, 5.74) is 1.53. The zero-order chi connectivity index (χ0) is 16.9. The Morgan fingerprint density at radius 1 is 1.12 bits per heavy atom. The molecule has 124 valence electrons. The molecule has 3 aromatic rings. The van der Waals surface area contributed by atoms with Gasteiger partial charge in [-0.05, 0) is 12.1 Å². The Balaban J connectivity index is 1.63. The number of para-hydroxylation sites is 1. The summed E-state index contributed by atoms with van der Waals surface area (Å²) in [6.45, 7) is 0.367. The predicted octanol–water partition coefficient (Wildman–Crippen LogP) is 3.64. The van der Waals surface area contributed by atoms with Crippen molar-refractivity contribution in [1.29, 1.82) is 0 Å². The van der Waals surface area contributed by atoms with Gasteiger partial charge in [-0.25, -0.2) is 9.78 Å². The van der Waals surface area contributed by atoms with E-state index in [2.05, 4.69) is 15.6 Å². The molecule has 0 unspecified atom stereocenters. The number of hydrogen-bond donors (Lipinski definition) is 2. The lowest BCUT2D eigenvalue weighted by atomic mass is 10.3. The molecule has 6 nitrogen and oxygen atoms in total. The number of nitrogens with one attached hydrogen (secondary N) is 2. The van der Waals surface area contributed by atoms with Crippen molar-refractivity contribution in [2.45, 2.75) is 6.54 Å². The van der Waals surface area contributed by atoms with Crippen LogP contribution in [0.4, 0.5) is 10.5 Å². The van der Waals surface area contributed by atoms with Crippen molar-refractivity contribution in [2.24, 2.45) is 0 Å². The van der Waals surface area contributed by atoms with E-state index in [-0.39, 0.29) is 6.03 Å². The standard InChI is InChI=1S/C17H17N3O3S/c1-22-12-7-11(8-13(9-12)23-2)19-17(21)18-10-16-20-14-5-3-4-6-15(14)24-16/h3-9H,10H2,1-2H3,(H2,18,19,21). The van der Waals surface area contributed by atoms with Crippen molar-refractivity contribution in [3.8, 4) is 11.5 Å². The number of carbonyl (C=O) groups is 1. The lowest BCUT2D eigenvalue weighted by Crippen LogP contribution is -2.28. The van der Waals surface area contributed by atoms with E-state index < -0.39 is 0 Å². The molecule has 0 aliphatic rings. The van der Waals surface area contributed by atoms with Gasteiger partial charge in [-0.3, -0.25) is 0 Å². The highest BCUT2D eigenvalue weighted by Gasteiger charge is 2.08. The number of fused-ring (bicyclic) bond motifs is 1. The van der Waals surface area contributed by atoms with E-state index in [1.54, 1.807) is 43.8 Å². The van der Waals surface area contributed by atoms with E-state index in [1.807, 2.05) is 24.3 Å². The van der Waals surface area contributed by atoms with Crippen LogP contribution < -0.4 is 20.1 Å². The van der Waals surface area contributed by atoms with Crippen molar-refractivity contribution < 1.29 is 14.3 Å². The van der Waals surface area contributed by atoms with Crippen LogP contribution in [-0.4, -0.2) is 25.2 Å². The van der Waals surface area contributed by atoms with Crippen LogP contribution in [0.5, 0.6) is 11.5 Å². The zero-order valence-electron chi connectivity index (χ0n) is 13.3. The average molecular weight is 343 g/mol. The van der Waals surface area contributed by atoms with Crippen molar-refractivity contribution in [1.82, 2.24) is 10.3 Å². The number of amides is 2. The molecule has 7 heteroatoms. The Hall–Kier alpha value is -2.80. The number of aromatic nitrogens is 1. The third-order valence-electron chi connectivity index (χ3n) is 3.35. The van der Waals surface area contributed by atoms with Gasteiger partial charge in [-0.2, -0.15) is 0 Å². The SMILES string of the molecule is COc1cc(NC(=O)NCc2nc3ccccc3s2)cc(OC)c1. The molecule has 1 heterocycles. The van der Waals surface area contributed by atoms with Crippen molar-refractivity contribution in [3.63, 3.8) is 0 Å². The molecule has 0 atom stereocenters. The molecule has 0 saturated carbocycles. The van der Waals surface area contributed by atoms with E-state index >= 15 is 0 Å². The van der Waals surface area contributed by atoms with Gasteiger partial charge < -0.3 is 20.1 Å². The van der Waals surface area contributed by atoms with Crippen LogP contribution in [0.3, 0.4) is 0 Å². The Kier molecular flexibility index (Phi) is 4.81. The number of benzene rings is 2. The number of ether oxygens (including phenoxy) is 2. The molecule has 2 amide bonds. The van der Waals surface area contributed by atoms with Crippen LogP contribution in [0.25, 0.3) is 10.2 Å². The van der Waals surface area contributed by atoms with Crippen LogP contribution in [0.15, 0.2) is 42.5 Å². The largest absolute Gasteiger partial charge is 0.497 e. The van der Waals surface area contributed by atoms with Crippen LogP contribution in [-0.2, 0) is 6.54 Å². The molecule has 0 bridgehead atoms. The van der Waals surface area contributed by atoms with E-state index in [0.29, 0.717) is 23.7 Å². The normalized spacial score (nSPS) is 10.4. The predicted molar refractivity (Wildman–Crippen MR) is 95.0 cm³/mol. The van der Waals surface area contributed by atoms with Gasteiger partial charge in [0, 0.05) is 23.9 Å². The first kappa shape index (κ1) is 16.1. The number of nitrogens with zero attached hydrogens (tertiary/aromatic N) is 1. The Labute approximate surface area is 143 Å². The molecule has 0 aliphatic heterocycles. The smallest absolute Gasteiger partial charge is 0.319 e. The van der Waals surface area contributed by atoms with E-state index in [0.717, 1.165) is 15.2 Å². The molecule has 1 aromatic heterocycles. The maximum absolute atomic E-state index is 12.1. The van der Waals surface area contributed by atoms with Gasteiger partial charge >= 0.3 is 6.03 Å². The zero-order valence-corrected chi connectivity index (χ0v) is 14.1.